The van der Waals surface area contributed by atoms with E-state index in [1.54, 1.807) is 24.5 Å². The number of pyridine rings is 1. The largest absolute Gasteiger partial charge is 0.368 e. The summed E-state index contributed by atoms with van der Waals surface area (Å²) in [7, 11) is 0. The van der Waals surface area contributed by atoms with Crippen LogP contribution < -0.4 is 11.1 Å². The lowest BCUT2D eigenvalue weighted by Gasteiger charge is -2.16. The van der Waals surface area contributed by atoms with Crippen molar-refractivity contribution in [3.8, 4) is 11.4 Å². The second kappa shape index (κ2) is 8.16. The van der Waals surface area contributed by atoms with Gasteiger partial charge in [-0.3, -0.25) is 14.6 Å². The third-order valence-electron chi connectivity index (χ3n) is 4.92. The first-order valence-electron chi connectivity index (χ1n) is 9.56. The van der Waals surface area contributed by atoms with E-state index in [1.807, 2.05) is 49.4 Å². The van der Waals surface area contributed by atoms with Crippen molar-refractivity contribution < 1.29 is 9.59 Å². The highest BCUT2D eigenvalue weighted by Gasteiger charge is 2.22. The van der Waals surface area contributed by atoms with E-state index in [0.29, 0.717) is 23.3 Å². The molecule has 2 amide bonds. The zero-order chi connectivity index (χ0) is 21.1. The van der Waals surface area contributed by atoms with Gasteiger partial charge in [0, 0.05) is 24.4 Å². The topological polar surface area (TPSA) is 114 Å². The third kappa shape index (κ3) is 4.05. The molecule has 0 fully saturated rings. The van der Waals surface area contributed by atoms with Gasteiger partial charge in [-0.15, -0.1) is 0 Å². The van der Waals surface area contributed by atoms with Crippen molar-refractivity contribution >= 4 is 22.8 Å². The van der Waals surface area contributed by atoms with Crippen molar-refractivity contribution in [3.63, 3.8) is 0 Å². The van der Waals surface area contributed by atoms with Gasteiger partial charge >= 0.3 is 0 Å². The number of amides is 2. The van der Waals surface area contributed by atoms with Gasteiger partial charge in [0.1, 0.15) is 17.4 Å². The maximum Gasteiger partial charge on any atom is 0.254 e. The summed E-state index contributed by atoms with van der Waals surface area (Å²) in [6.45, 7) is 1.99. The number of primary amides is 1. The SMILES string of the molecule is Cc1ccc(C[C@@H](NC(=O)c2cccc3[nH]c(-c4ccncc4)nc23)C(N)=O)cc1. The predicted molar refractivity (Wildman–Crippen MR) is 115 cm³/mol. The van der Waals surface area contributed by atoms with Crippen LogP contribution in [0.5, 0.6) is 0 Å². The van der Waals surface area contributed by atoms with Crippen LogP contribution in [0.3, 0.4) is 0 Å². The Morgan fingerprint density at radius 3 is 2.50 bits per heavy atom. The molecule has 0 aliphatic rings. The first kappa shape index (κ1) is 19.3. The van der Waals surface area contributed by atoms with Crippen LogP contribution in [0.1, 0.15) is 21.5 Å². The number of aromatic amines is 1. The molecular weight excluding hydrogens is 378 g/mol. The molecule has 0 unspecified atom stereocenters. The van der Waals surface area contributed by atoms with E-state index in [0.717, 1.165) is 22.2 Å². The molecule has 0 aliphatic carbocycles. The number of para-hydroxylation sites is 1. The van der Waals surface area contributed by atoms with Crippen LogP contribution in [-0.2, 0) is 11.2 Å². The van der Waals surface area contributed by atoms with E-state index in [9.17, 15) is 9.59 Å². The van der Waals surface area contributed by atoms with Crippen LogP contribution in [0.2, 0.25) is 0 Å². The summed E-state index contributed by atoms with van der Waals surface area (Å²) < 4.78 is 0. The molecule has 0 bridgehead atoms. The molecule has 2 aromatic heterocycles. The lowest BCUT2D eigenvalue weighted by atomic mass is 10.0. The quantitative estimate of drug-likeness (QED) is 0.462. The Balaban J connectivity index is 1.60. The average Bonchev–Trinajstić information content (AvgIpc) is 3.19. The fourth-order valence-corrected chi connectivity index (χ4v) is 3.28. The minimum Gasteiger partial charge on any atom is -0.368 e. The minimum absolute atomic E-state index is 0.320. The van der Waals surface area contributed by atoms with Gasteiger partial charge in [-0.25, -0.2) is 4.98 Å². The van der Waals surface area contributed by atoms with Gasteiger partial charge in [-0.2, -0.15) is 0 Å². The third-order valence-corrected chi connectivity index (χ3v) is 4.92. The first-order chi connectivity index (χ1) is 14.5. The zero-order valence-electron chi connectivity index (χ0n) is 16.4. The number of nitrogens with one attached hydrogen (secondary N) is 2. The van der Waals surface area contributed by atoms with Crippen molar-refractivity contribution in [2.45, 2.75) is 19.4 Å². The normalized spacial score (nSPS) is 11.9. The van der Waals surface area contributed by atoms with Gasteiger partial charge in [-0.1, -0.05) is 35.9 Å². The number of nitrogens with zero attached hydrogens (tertiary/aromatic N) is 2. The van der Waals surface area contributed by atoms with Crippen LogP contribution in [0, 0.1) is 6.92 Å². The average molecular weight is 399 g/mol. The van der Waals surface area contributed by atoms with Gasteiger partial charge in [-0.05, 0) is 36.8 Å². The Morgan fingerprint density at radius 1 is 1.07 bits per heavy atom. The maximum atomic E-state index is 13.0. The number of aryl methyl sites for hydroxylation is 1. The molecule has 30 heavy (non-hydrogen) atoms. The minimum atomic E-state index is -0.825. The van der Waals surface area contributed by atoms with Crippen molar-refractivity contribution in [2.24, 2.45) is 5.73 Å². The maximum absolute atomic E-state index is 13.0. The van der Waals surface area contributed by atoms with Crippen LogP contribution in [0.4, 0.5) is 0 Å². The van der Waals surface area contributed by atoms with Gasteiger partial charge < -0.3 is 16.0 Å². The van der Waals surface area contributed by atoms with E-state index >= 15 is 0 Å². The number of carbonyl (C=O) groups is 2. The van der Waals surface area contributed by atoms with Crippen molar-refractivity contribution in [1.82, 2.24) is 20.3 Å². The Morgan fingerprint density at radius 2 is 1.80 bits per heavy atom. The molecule has 1 atom stereocenters. The van der Waals surface area contributed by atoms with E-state index in [-0.39, 0.29) is 0 Å². The van der Waals surface area contributed by atoms with Crippen LogP contribution in [-0.4, -0.2) is 32.8 Å². The van der Waals surface area contributed by atoms with Crippen molar-refractivity contribution in [2.75, 3.05) is 0 Å². The summed E-state index contributed by atoms with van der Waals surface area (Å²) in [5.41, 5.74) is 10.1. The molecule has 4 N–H and O–H groups in total. The van der Waals surface area contributed by atoms with Crippen LogP contribution >= 0.6 is 0 Å². The molecule has 2 aromatic carbocycles. The fourth-order valence-electron chi connectivity index (χ4n) is 3.28. The summed E-state index contributed by atoms with van der Waals surface area (Å²) in [6, 6.07) is 15.9. The lowest BCUT2D eigenvalue weighted by Crippen LogP contribution is -2.45. The number of hydrogen-bond donors (Lipinski definition) is 3. The highest BCUT2D eigenvalue weighted by atomic mass is 16.2. The Labute approximate surface area is 173 Å². The second-order valence-corrected chi connectivity index (χ2v) is 7.14. The van der Waals surface area contributed by atoms with Crippen molar-refractivity contribution in [1.29, 1.82) is 0 Å². The highest BCUT2D eigenvalue weighted by molar-refractivity contribution is 6.06. The van der Waals surface area contributed by atoms with E-state index < -0.39 is 17.9 Å². The number of benzene rings is 2. The predicted octanol–water partition coefficient (Wildman–Crippen LogP) is 2.76. The molecule has 0 aliphatic heterocycles. The monoisotopic (exact) mass is 399 g/mol. The van der Waals surface area contributed by atoms with Gasteiger partial charge in [0.15, 0.2) is 0 Å². The lowest BCUT2D eigenvalue weighted by molar-refractivity contribution is -0.119. The Bertz CT molecular complexity index is 1200. The number of imidazole rings is 1. The summed E-state index contributed by atoms with van der Waals surface area (Å²) in [5.74, 6) is -0.348. The Kier molecular flexibility index (Phi) is 5.26. The van der Waals surface area contributed by atoms with Crippen LogP contribution in [0.15, 0.2) is 67.0 Å². The molecule has 150 valence electrons. The molecule has 4 rings (SSSR count). The number of rotatable bonds is 6. The number of aromatic nitrogens is 3. The second-order valence-electron chi connectivity index (χ2n) is 7.14. The number of H-pyrrole nitrogens is 1. The summed E-state index contributed by atoms with van der Waals surface area (Å²) in [6.07, 6.45) is 3.68. The molecule has 7 nitrogen and oxygen atoms in total. The van der Waals surface area contributed by atoms with Crippen molar-refractivity contribution in [3.05, 3.63) is 83.7 Å². The molecular formula is C23H21N5O2. The molecule has 0 spiro atoms. The smallest absolute Gasteiger partial charge is 0.254 e. The molecule has 0 radical (unpaired) electrons. The summed E-state index contributed by atoms with van der Waals surface area (Å²) >= 11 is 0. The number of nitrogens with two attached hydrogens (primary N) is 1. The highest BCUT2D eigenvalue weighted by Crippen LogP contribution is 2.22. The van der Waals surface area contributed by atoms with E-state index in [4.69, 9.17) is 5.73 Å². The van der Waals surface area contributed by atoms with Gasteiger partial charge in [0.05, 0.1) is 11.1 Å². The molecule has 2 heterocycles. The fraction of sp³-hybridized carbons (Fsp3) is 0.130. The first-order valence-corrected chi connectivity index (χ1v) is 9.56. The number of hydrogen-bond acceptors (Lipinski definition) is 4. The van der Waals surface area contributed by atoms with Crippen LogP contribution in [0.25, 0.3) is 22.4 Å². The number of carbonyl (C=O) groups excluding carboxylic acids is 2. The number of fused-ring (bicyclic) bond motifs is 1. The molecule has 0 saturated carbocycles. The molecule has 0 saturated heterocycles. The van der Waals surface area contributed by atoms with E-state index in [1.165, 1.54) is 0 Å². The zero-order valence-corrected chi connectivity index (χ0v) is 16.4. The van der Waals surface area contributed by atoms with Gasteiger partial charge in [0.2, 0.25) is 5.91 Å². The molecule has 7 heteroatoms. The van der Waals surface area contributed by atoms with Gasteiger partial charge in [0.25, 0.3) is 5.91 Å². The Hall–Kier alpha value is -4.00. The molecule has 4 aromatic rings. The standard InChI is InChI=1S/C23H21N5O2/c1-14-5-7-15(8-6-14)13-19(21(24)29)27-23(30)17-3-2-4-18-20(17)28-22(26-18)16-9-11-25-12-10-16/h2-12,19H,13H2,1H3,(H2,24,29)(H,26,28)(H,27,30)/t19-/m1/s1. The summed E-state index contributed by atoms with van der Waals surface area (Å²) in [4.78, 5) is 36.8. The van der Waals surface area contributed by atoms with E-state index in [2.05, 4.69) is 20.3 Å². The summed E-state index contributed by atoms with van der Waals surface area (Å²) in [5, 5.41) is 2.76.